The molecule has 1 fully saturated rings. The summed E-state index contributed by atoms with van der Waals surface area (Å²) in [6, 6.07) is 14.2. The summed E-state index contributed by atoms with van der Waals surface area (Å²) in [5.41, 5.74) is 4.41. The van der Waals surface area contributed by atoms with E-state index in [-0.39, 0.29) is 6.17 Å². The number of anilines is 3. The smallest absolute Gasteiger partial charge is 0.143 e. The van der Waals surface area contributed by atoms with E-state index in [0.717, 1.165) is 47.2 Å². The third-order valence-corrected chi connectivity index (χ3v) is 5.26. The molecule has 2 N–H and O–H groups in total. The SMILES string of the molecule is COc1cc(N2CCCC2)c(OC)cc1/C=C(/C#N)C1Nc2ccccc2N1. The van der Waals surface area contributed by atoms with Crippen LogP contribution in [0.3, 0.4) is 0 Å². The van der Waals surface area contributed by atoms with E-state index in [9.17, 15) is 5.26 Å². The number of methoxy groups -OCH3 is 2. The number of fused-ring (bicyclic) bond motifs is 1. The Hall–Kier alpha value is -3.33. The number of hydrogen-bond donors (Lipinski definition) is 2. The molecule has 0 saturated carbocycles. The zero-order valence-corrected chi connectivity index (χ0v) is 16.2. The Labute approximate surface area is 165 Å². The fraction of sp³-hybridized carbons (Fsp3) is 0.318. The average molecular weight is 376 g/mol. The molecule has 0 unspecified atom stereocenters. The summed E-state index contributed by atoms with van der Waals surface area (Å²) in [5, 5.41) is 16.5. The molecule has 144 valence electrons. The van der Waals surface area contributed by atoms with E-state index in [0.29, 0.717) is 5.57 Å². The van der Waals surface area contributed by atoms with Crippen LogP contribution in [-0.4, -0.2) is 33.5 Å². The maximum atomic E-state index is 9.77. The van der Waals surface area contributed by atoms with Crippen LogP contribution < -0.4 is 25.0 Å². The van der Waals surface area contributed by atoms with Crippen LogP contribution in [0.4, 0.5) is 17.1 Å². The van der Waals surface area contributed by atoms with Crippen molar-refractivity contribution >= 4 is 23.1 Å². The van der Waals surface area contributed by atoms with Gasteiger partial charge in [0.1, 0.15) is 17.7 Å². The van der Waals surface area contributed by atoms with Gasteiger partial charge in [0.15, 0.2) is 0 Å². The summed E-state index contributed by atoms with van der Waals surface area (Å²) in [5.74, 6) is 1.52. The first-order valence-electron chi connectivity index (χ1n) is 9.48. The van der Waals surface area contributed by atoms with Crippen LogP contribution >= 0.6 is 0 Å². The molecule has 0 bridgehead atoms. The minimum Gasteiger partial charge on any atom is -0.496 e. The molecular formula is C22H24N4O2. The number of rotatable bonds is 5. The van der Waals surface area contributed by atoms with E-state index in [4.69, 9.17) is 9.47 Å². The van der Waals surface area contributed by atoms with Crippen molar-refractivity contribution in [2.45, 2.75) is 19.0 Å². The third-order valence-electron chi connectivity index (χ3n) is 5.26. The summed E-state index contributed by atoms with van der Waals surface area (Å²) < 4.78 is 11.3. The molecule has 0 spiro atoms. The van der Waals surface area contributed by atoms with Crippen molar-refractivity contribution in [3.63, 3.8) is 0 Å². The molecule has 0 amide bonds. The fourth-order valence-electron chi connectivity index (χ4n) is 3.81. The Morgan fingerprint density at radius 2 is 1.71 bits per heavy atom. The second-order valence-corrected chi connectivity index (χ2v) is 6.94. The summed E-state index contributed by atoms with van der Waals surface area (Å²) in [7, 11) is 3.33. The molecule has 0 aliphatic carbocycles. The summed E-state index contributed by atoms with van der Waals surface area (Å²) >= 11 is 0. The Morgan fingerprint density at radius 3 is 2.29 bits per heavy atom. The Balaban J connectivity index is 1.68. The van der Waals surface area contributed by atoms with Crippen LogP contribution in [0.15, 0.2) is 42.0 Å². The Bertz CT molecular complexity index is 917. The van der Waals surface area contributed by atoms with Gasteiger partial charge in [-0.3, -0.25) is 0 Å². The zero-order valence-electron chi connectivity index (χ0n) is 16.2. The molecule has 0 aromatic heterocycles. The lowest BCUT2D eigenvalue weighted by atomic mass is 10.1. The summed E-state index contributed by atoms with van der Waals surface area (Å²) in [6.07, 6.45) is 3.94. The second-order valence-electron chi connectivity index (χ2n) is 6.94. The zero-order chi connectivity index (χ0) is 19.5. The normalized spacial score (nSPS) is 16.2. The van der Waals surface area contributed by atoms with Crippen LogP contribution in [0.2, 0.25) is 0 Å². The van der Waals surface area contributed by atoms with Gasteiger partial charge < -0.3 is 25.0 Å². The van der Waals surface area contributed by atoms with Gasteiger partial charge in [0.25, 0.3) is 0 Å². The van der Waals surface area contributed by atoms with Gasteiger partial charge in [-0.1, -0.05) is 12.1 Å². The number of nitriles is 1. The van der Waals surface area contributed by atoms with Crippen molar-refractivity contribution in [3.8, 4) is 17.6 Å². The molecule has 2 aliphatic heterocycles. The first kappa shape index (κ1) is 18.1. The summed E-state index contributed by atoms with van der Waals surface area (Å²) in [4.78, 5) is 2.32. The molecule has 0 radical (unpaired) electrons. The molecule has 2 aromatic rings. The number of ether oxygens (including phenoxy) is 2. The van der Waals surface area contributed by atoms with Crippen molar-refractivity contribution in [1.82, 2.24) is 0 Å². The highest BCUT2D eigenvalue weighted by Crippen LogP contribution is 2.38. The van der Waals surface area contributed by atoms with Crippen LogP contribution in [0.1, 0.15) is 18.4 Å². The highest BCUT2D eigenvalue weighted by molar-refractivity contribution is 5.79. The van der Waals surface area contributed by atoms with Crippen LogP contribution in [0.5, 0.6) is 11.5 Å². The summed E-state index contributed by atoms with van der Waals surface area (Å²) in [6.45, 7) is 2.04. The lowest BCUT2D eigenvalue weighted by Gasteiger charge is -2.22. The predicted octanol–water partition coefficient (Wildman–Crippen LogP) is 4.07. The highest BCUT2D eigenvalue weighted by atomic mass is 16.5. The first-order valence-corrected chi connectivity index (χ1v) is 9.48. The molecule has 2 aromatic carbocycles. The molecule has 4 rings (SSSR count). The van der Waals surface area contributed by atoms with Gasteiger partial charge in [-0.05, 0) is 37.1 Å². The van der Waals surface area contributed by atoms with Crippen molar-refractivity contribution in [2.75, 3.05) is 42.8 Å². The maximum absolute atomic E-state index is 9.77. The van der Waals surface area contributed by atoms with Gasteiger partial charge in [0.2, 0.25) is 0 Å². The van der Waals surface area contributed by atoms with E-state index in [1.165, 1.54) is 12.8 Å². The Kier molecular flexibility index (Phi) is 4.98. The topological polar surface area (TPSA) is 69.5 Å². The second kappa shape index (κ2) is 7.73. The van der Waals surface area contributed by atoms with Crippen molar-refractivity contribution < 1.29 is 9.47 Å². The molecule has 2 heterocycles. The molecule has 2 aliphatic rings. The van der Waals surface area contributed by atoms with E-state index < -0.39 is 0 Å². The fourth-order valence-corrected chi connectivity index (χ4v) is 3.81. The van der Waals surface area contributed by atoms with Gasteiger partial charge in [-0.15, -0.1) is 0 Å². The molecule has 6 heteroatoms. The van der Waals surface area contributed by atoms with Gasteiger partial charge in [0, 0.05) is 24.7 Å². The van der Waals surface area contributed by atoms with Gasteiger partial charge in [-0.25, -0.2) is 0 Å². The quantitative estimate of drug-likeness (QED) is 0.767. The van der Waals surface area contributed by atoms with Crippen LogP contribution in [-0.2, 0) is 0 Å². The van der Waals surface area contributed by atoms with E-state index in [2.05, 4.69) is 21.6 Å². The average Bonchev–Trinajstić information content (AvgIpc) is 3.41. The lowest BCUT2D eigenvalue weighted by Crippen LogP contribution is -2.24. The lowest BCUT2D eigenvalue weighted by molar-refractivity contribution is 0.402. The molecular weight excluding hydrogens is 352 g/mol. The molecule has 6 nitrogen and oxygen atoms in total. The maximum Gasteiger partial charge on any atom is 0.143 e. The number of para-hydroxylation sites is 2. The number of nitrogens with one attached hydrogen (secondary N) is 2. The monoisotopic (exact) mass is 376 g/mol. The van der Waals surface area contributed by atoms with Gasteiger partial charge in [0.05, 0.1) is 42.9 Å². The van der Waals surface area contributed by atoms with Crippen molar-refractivity contribution in [2.24, 2.45) is 0 Å². The highest BCUT2D eigenvalue weighted by Gasteiger charge is 2.24. The molecule has 1 saturated heterocycles. The van der Waals surface area contributed by atoms with E-state index in [1.54, 1.807) is 14.2 Å². The third kappa shape index (κ3) is 3.31. The molecule has 28 heavy (non-hydrogen) atoms. The van der Waals surface area contributed by atoms with Gasteiger partial charge in [-0.2, -0.15) is 5.26 Å². The van der Waals surface area contributed by atoms with Crippen molar-refractivity contribution in [1.29, 1.82) is 5.26 Å². The van der Waals surface area contributed by atoms with E-state index in [1.807, 2.05) is 42.5 Å². The number of nitrogens with zero attached hydrogens (tertiary/aromatic N) is 2. The van der Waals surface area contributed by atoms with E-state index >= 15 is 0 Å². The minimum absolute atomic E-state index is 0.281. The van der Waals surface area contributed by atoms with Crippen molar-refractivity contribution in [3.05, 3.63) is 47.5 Å². The standard InChI is InChI=1S/C22H24N4O2/c1-27-20-13-19(26-9-5-6-10-26)21(28-2)12-15(20)11-16(14-23)22-24-17-7-3-4-8-18(17)25-22/h3-4,7-8,11-13,22,24-25H,5-6,9-10H2,1-2H3/b16-11-. The van der Waals surface area contributed by atoms with Crippen LogP contribution in [0, 0.1) is 11.3 Å². The van der Waals surface area contributed by atoms with Gasteiger partial charge >= 0.3 is 0 Å². The van der Waals surface area contributed by atoms with Crippen LogP contribution in [0.25, 0.3) is 6.08 Å². The number of hydrogen-bond acceptors (Lipinski definition) is 6. The Morgan fingerprint density at radius 1 is 1.07 bits per heavy atom. The molecule has 0 atom stereocenters. The predicted molar refractivity (Wildman–Crippen MR) is 112 cm³/mol. The first-order chi connectivity index (χ1) is 13.7. The minimum atomic E-state index is -0.281. The largest absolute Gasteiger partial charge is 0.496 e. The number of benzene rings is 2.